The standard InChI is InChI=1S/C25H41NO/c1-17-15-19-16-18(7-5-4-6-14-26)10-12-24(19,2)21-11-13-25(3)20(23(17)21)8-9-22(25)27/h5,7,17-21,23H,4,6,8-16,26H2,1-3H3/b7-5-/t17-,18-,19?,20+,21+,23+,24+,25+/m1/s1. The van der Waals surface area contributed by atoms with Crippen LogP contribution in [0.15, 0.2) is 12.2 Å². The highest BCUT2D eigenvalue weighted by Gasteiger charge is 2.61. The summed E-state index contributed by atoms with van der Waals surface area (Å²) in [4.78, 5) is 12.6. The number of hydrogen-bond donors (Lipinski definition) is 1. The topological polar surface area (TPSA) is 43.1 Å². The molecule has 4 fully saturated rings. The Bertz CT molecular complexity index is 597. The zero-order chi connectivity index (χ0) is 19.2. The van der Waals surface area contributed by atoms with Crippen molar-refractivity contribution in [3.63, 3.8) is 0 Å². The third kappa shape index (κ3) is 3.15. The number of unbranched alkanes of at least 4 members (excludes halogenated alkanes) is 1. The lowest BCUT2D eigenvalue weighted by molar-refractivity contribution is -0.148. The number of nitrogens with two attached hydrogens (primary N) is 1. The van der Waals surface area contributed by atoms with Crippen LogP contribution in [-0.2, 0) is 4.79 Å². The van der Waals surface area contributed by atoms with Gasteiger partial charge in [0.15, 0.2) is 0 Å². The van der Waals surface area contributed by atoms with E-state index in [0.717, 1.165) is 61.8 Å². The minimum Gasteiger partial charge on any atom is -0.330 e. The van der Waals surface area contributed by atoms with E-state index in [4.69, 9.17) is 5.73 Å². The van der Waals surface area contributed by atoms with E-state index in [2.05, 4.69) is 32.9 Å². The van der Waals surface area contributed by atoms with Gasteiger partial charge in [-0.25, -0.2) is 0 Å². The van der Waals surface area contributed by atoms with Gasteiger partial charge in [0.1, 0.15) is 5.78 Å². The van der Waals surface area contributed by atoms with E-state index in [0.29, 0.717) is 17.1 Å². The summed E-state index contributed by atoms with van der Waals surface area (Å²) >= 11 is 0. The van der Waals surface area contributed by atoms with E-state index in [1.807, 2.05) is 0 Å². The Kier molecular flexibility index (Phi) is 5.33. The number of rotatable bonds is 4. The van der Waals surface area contributed by atoms with Gasteiger partial charge in [0.25, 0.3) is 0 Å². The van der Waals surface area contributed by atoms with Gasteiger partial charge in [-0.05, 0) is 105 Å². The minimum atomic E-state index is 0.0154. The fraction of sp³-hybridized carbons (Fsp3) is 0.880. The van der Waals surface area contributed by atoms with Crippen LogP contribution in [0.1, 0.15) is 85.0 Å². The van der Waals surface area contributed by atoms with E-state index in [1.54, 1.807) is 0 Å². The molecule has 2 nitrogen and oxygen atoms in total. The first-order chi connectivity index (χ1) is 12.9. The average molecular weight is 372 g/mol. The fourth-order valence-corrected chi connectivity index (χ4v) is 8.14. The predicted molar refractivity (Wildman–Crippen MR) is 112 cm³/mol. The third-order valence-electron chi connectivity index (χ3n) is 9.76. The van der Waals surface area contributed by atoms with Gasteiger partial charge >= 0.3 is 0 Å². The summed E-state index contributed by atoms with van der Waals surface area (Å²) in [5.74, 6) is 5.37. The average Bonchev–Trinajstić information content (AvgIpc) is 2.95. The van der Waals surface area contributed by atoms with Gasteiger partial charge in [-0.3, -0.25) is 4.79 Å². The summed E-state index contributed by atoms with van der Waals surface area (Å²) in [6.07, 6.45) is 17.2. The Morgan fingerprint density at radius 2 is 1.93 bits per heavy atom. The number of Topliss-reactive ketones (excluding diaryl/α,β-unsaturated/α-hetero) is 1. The Labute approximate surface area is 166 Å². The van der Waals surface area contributed by atoms with Gasteiger partial charge in [0, 0.05) is 11.8 Å². The van der Waals surface area contributed by atoms with Crippen molar-refractivity contribution in [1.82, 2.24) is 0 Å². The Hall–Kier alpha value is -0.630. The van der Waals surface area contributed by atoms with Gasteiger partial charge in [-0.2, -0.15) is 0 Å². The molecule has 0 amide bonds. The van der Waals surface area contributed by atoms with Crippen molar-refractivity contribution in [3.05, 3.63) is 12.2 Å². The van der Waals surface area contributed by atoms with E-state index in [1.165, 1.54) is 38.5 Å². The van der Waals surface area contributed by atoms with Crippen LogP contribution in [0.2, 0.25) is 0 Å². The molecule has 2 heteroatoms. The maximum Gasteiger partial charge on any atom is 0.139 e. The van der Waals surface area contributed by atoms with Crippen molar-refractivity contribution in [2.75, 3.05) is 6.54 Å². The summed E-state index contributed by atoms with van der Waals surface area (Å²) in [6.45, 7) is 8.27. The summed E-state index contributed by atoms with van der Waals surface area (Å²) in [5.41, 5.74) is 6.16. The van der Waals surface area contributed by atoms with Crippen molar-refractivity contribution in [3.8, 4) is 0 Å². The molecule has 1 unspecified atom stereocenters. The highest BCUT2D eigenvalue weighted by molar-refractivity contribution is 5.87. The normalized spacial score (nSPS) is 49.7. The molecule has 0 aromatic carbocycles. The Morgan fingerprint density at radius 3 is 2.70 bits per heavy atom. The van der Waals surface area contributed by atoms with Crippen LogP contribution < -0.4 is 5.73 Å². The first kappa shape index (κ1) is 19.7. The van der Waals surface area contributed by atoms with Crippen LogP contribution in [0.3, 0.4) is 0 Å². The molecule has 0 saturated heterocycles. The van der Waals surface area contributed by atoms with Crippen LogP contribution >= 0.6 is 0 Å². The minimum absolute atomic E-state index is 0.0154. The number of hydrogen-bond acceptors (Lipinski definition) is 2. The predicted octanol–water partition coefficient (Wildman–Crippen LogP) is 5.76. The molecule has 0 bridgehead atoms. The molecule has 0 heterocycles. The van der Waals surface area contributed by atoms with E-state index in [9.17, 15) is 4.79 Å². The lowest BCUT2D eigenvalue weighted by Gasteiger charge is -2.62. The highest BCUT2D eigenvalue weighted by atomic mass is 16.1. The summed E-state index contributed by atoms with van der Waals surface area (Å²) in [5, 5.41) is 0. The van der Waals surface area contributed by atoms with Crippen LogP contribution in [-0.4, -0.2) is 12.3 Å². The number of ketones is 1. The van der Waals surface area contributed by atoms with Crippen LogP contribution in [0.25, 0.3) is 0 Å². The monoisotopic (exact) mass is 371 g/mol. The second kappa shape index (κ2) is 7.32. The molecular weight excluding hydrogens is 330 g/mol. The zero-order valence-electron chi connectivity index (χ0n) is 17.9. The second-order valence-corrected chi connectivity index (χ2v) is 11.0. The summed E-state index contributed by atoms with van der Waals surface area (Å²) in [7, 11) is 0. The van der Waals surface area contributed by atoms with Crippen molar-refractivity contribution in [2.24, 2.45) is 52.1 Å². The lowest BCUT2D eigenvalue weighted by Crippen LogP contribution is -2.56. The maximum atomic E-state index is 12.6. The molecule has 4 aliphatic rings. The Morgan fingerprint density at radius 1 is 1.11 bits per heavy atom. The maximum absolute atomic E-state index is 12.6. The van der Waals surface area contributed by atoms with Crippen molar-refractivity contribution in [2.45, 2.75) is 85.0 Å². The zero-order valence-corrected chi connectivity index (χ0v) is 17.9. The number of carbonyl (C=O) groups is 1. The molecule has 4 aliphatic carbocycles. The molecule has 0 radical (unpaired) electrons. The van der Waals surface area contributed by atoms with Gasteiger partial charge in [0.05, 0.1) is 0 Å². The van der Waals surface area contributed by atoms with Crippen molar-refractivity contribution < 1.29 is 4.79 Å². The quantitative estimate of drug-likeness (QED) is 0.504. The molecule has 0 aromatic heterocycles. The molecule has 152 valence electrons. The highest BCUT2D eigenvalue weighted by Crippen LogP contribution is 2.67. The second-order valence-electron chi connectivity index (χ2n) is 11.0. The molecular formula is C25H41NO. The summed E-state index contributed by atoms with van der Waals surface area (Å²) < 4.78 is 0. The first-order valence-corrected chi connectivity index (χ1v) is 11.8. The number of fused-ring (bicyclic) bond motifs is 5. The van der Waals surface area contributed by atoms with Gasteiger partial charge in [-0.1, -0.05) is 32.9 Å². The van der Waals surface area contributed by atoms with Gasteiger partial charge in [0.2, 0.25) is 0 Å². The molecule has 0 spiro atoms. The van der Waals surface area contributed by atoms with Crippen molar-refractivity contribution >= 4 is 5.78 Å². The number of allylic oxidation sites excluding steroid dienone is 2. The van der Waals surface area contributed by atoms with E-state index < -0.39 is 0 Å². The Balaban J connectivity index is 1.50. The molecule has 8 atom stereocenters. The molecule has 4 saturated carbocycles. The smallest absolute Gasteiger partial charge is 0.139 e. The molecule has 0 aromatic rings. The van der Waals surface area contributed by atoms with Crippen LogP contribution in [0.5, 0.6) is 0 Å². The molecule has 2 N–H and O–H groups in total. The lowest BCUT2D eigenvalue weighted by atomic mass is 9.42. The number of carbonyl (C=O) groups excluding carboxylic acids is 1. The van der Waals surface area contributed by atoms with E-state index >= 15 is 0 Å². The van der Waals surface area contributed by atoms with Crippen LogP contribution in [0, 0.1) is 46.3 Å². The summed E-state index contributed by atoms with van der Waals surface area (Å²) in [6, 6.07) is 0. The van der Waals surface area contributed by atoms with Gasteiger partial charge in [-0.15, -0.1) is 0 Å². The van der Waals surface area contributed by atoms with Gasteiger partial charge < -0.3 is 5.73 Å². The van der Waals surface area contributed by atoms with E-state index in [-0.39, 0.29) is 5.41 Å². The molecule has 0 aliphatic heterocycles. The first-order valence-electron chi connectivity index (χ1n) is 11.8. The fourth-order valence-electron chi connectivity index (χ4n) is 8.14. The molecule has 4 rings (SSSR count). The van der Waals surface area contributed by atoms with Crippen molar-refractivity contribution in [1.29, 1.82) is 0 Å². The van der Waals surface area contributed by atoms with Crippen LogP contribution in [0.4, 0.5) is 0 Å². The molecule has 27 heavy (non-hydrogen) atoms. The largest absolute Gasteiger partial charge is 0.330 e. The third-order valence-corrected chi connectivity index (χ3v) is 9.76. The SMILES string of the molecule is C[C@@H]1CC2C[C@H](/C=C\CCCN)CC[C@]2(C)[C@H]2CC[C@]3(C)C(=O)CC[C@H]3[C@H]12.